The van der Waals surface area contributed by atoms with E-state index in [1.54, 1.807) is 6.92 Å². The zero-order chi connectivity index (χ0) is 17.7. The van der Waals surface area contributed by atoms with Gasteiger partial charge in [0.15, 0.2) is 0 Å². The number of hydrogen-bond donors (Lipinski definition) is 1. The number of carbonyl (C=O) groups excluding carboxylic acids is 2. The Morgan fingerprint density at radius 3 is 2.38 bits per heavy atom. The van der Waals surface area contributed by atoms with E-state index >= 15 is 0 Å². The summed E-state index contributed by atoms with van der Waals surface area (Å²) in [6, 6.07) is 0. The molecule has 1 atom stereocenters. The normalized spacial score (nSPS) is 28.7. The lowest BCUT2D eigenvalue weighted by atomic mass is 9.68. The molecule has 1 saturated carbocycles. The van der Waals surface area contributed by atoms with Crippen molar-refractivity contribution in [1.82, 2.24) is 0 Å². The molecule has 1 saturated heterocycles. The van der Waals surface area contributed by atoms with Crippen molar-refractivity contribution >= 4 is 17.9 Å². The maximum absolute atomic E-state index is 12.6. The van der Waals surface area contributed by atoms with Gasteiger partial charge >= 0.3 is 17.9 Å². The number of carboxylic acid groups (broad SMARTS) is 1. The summed E-state index contributed by atoms with van der Waals surface area (Å²) in [6.07, 6.45) is 1.96. The van der Waals surface area contributed by atoms with Crippen LogP contribution in [-0.4, -0.2) is 48.9 Å². The number of esters is 2. The van der Waals surface area contributed by atoms with Crippen LogP contribution in [-0.2, 0) is 28.6 Å². The van der Waals surface area contributed by atoms with Crippen molar-refractivity contribution in [2.45, 2.75) is 45.1 Å². The van der Waals surface area contributed by atoms with E-state index in [1.165, 1.54) is 0 Å². The van der Waals surface area contributed by atoms with Gasteiger partial charge in [0, 0.05) is 5.57 Å². The van der Waals surface area contributed by atoms with Crippen molar-refractivity contribution in [2.24, 2.45) is 11.3 Å². The molecule has 7 nitrogen and oxygen atoms in total. The molecule has 7 heteroatoms. The SMILES string of the molecule is C=C(C)C(=O)OCCC1(C(=O)OCC2CO2)CCC(C(=O)O)CC1. The lowest BCUT2D eigenvalue weighted by molar-refractivity contribution is -0.164. The van der Waals surface area contributed by atoms with Crippen molar-refractivity contribution in [3.05, 3.63) is 12.2 Å². The van der Waals surface area contributed by atoms with Crippen LogP contribution in [0, 0.1) is 11.3 Å². The third-order valence-electron chi connectivity index (χ3n) is 4.69. The molecule has 0 bridgehead atoms. The molecular formula is C17H24O7. The molecule has 0 aromatic carbocycles. The summed E-state index contributed by atoms with van der Waals surface area (Å²) in [5.74, 6) is -2.12. The molecule has 0 aromatic heterocycles. The Balaban J connectivity index is 1.95. The minimum Gasteiger partial charge on any atom is -0.481 e. The van der Waals surface area contributed by atoms with Crippen LogP contribution in [0.15, 0.2) is 12.2 Å². The maximum atomic E-state index is 12.6. The topological polar surface area (TPSA) is 102 Å². The van der Waals surface area contributed by atoms with E-state index in [-0.39, 0.29) is 25.3 Å². The quantitative estimate of drug-likeness (QED) is 0.407. The summed E-state index contributed by atoms with van der Waals surface area (Å²) in [5, 5.41) is 9.13. The van der Waals surface area contributed by atoms with Crippen molar-refractivity contribution in [1.29, 1.82) is 0 Å². The minimum atomic E-state index is -0.836. The van der Waals surface area contributed by atoms with Gasteiger partial charge in [0.1, 0.15) is 12.7 Å². The highest BCUT2D eigenvalue weighted by atomic mass is 16.6. The average Bonchev–Trinajstić information content (AvgIpc) is 3.37. The van der Waals surface area contributed by atoms with E-state index in [2.05, 4.69) is 6.58 Å². The summed E-state index contributed by atoms with van der Waals surface area (Å²) >= 11 is 0. The molecule has 1 aliphatic heterocycles. The fourth-order valence-electron chi connectivity index (χ4n) is 2.92. The molecule has 0 radical (unpaired) electrons. The molecule has 0 spiro atoms. The molecule has 24 heavy (non-hydrogen) atoms. The van der Waals surface area contributed by atoms with Crippen LogP contribution in [0.5, 0.6) is 0 Å². The van der Waals surface area contributed by atoms with Crippen molar-refractivity contribution in [2.75, 3.05) is 19.8 Å². The van der Waals surface area contributed by atoms with Crippen molar-refractivity contribution in [3.8, 4) is 0 Å². The van der Waals surface area contributed by atoms with E-state index in [0.717, 1.165) is 0 Å². The summed E-state index contributed by atoms with van der Waals surface area (Å²) < 4.78 is 15.5. The highest BCUT2D eigenvalue weighted by molar-refractivity contribution is 5.87. The number of carboxylic acids is 1. The second-order valence-corrected chi connectivity index (χ2v) is 6.61. The fraction of sp³-hybridized carbons (Fsp3) is 0.706. The van der Waals surface area contributed by atoms with Crippen LogP contribution in [0.4, 0.5) is 0 Å². The van der Waals surface area contributed by atoms with Crippen LogP contribution in [0.1, 0.15) is 39.0 Å². The van der Waals surface area contributed by atoms with Gasteiger partial charge in [0.2, 0.25) is 0 Å². The average molecular weight is 340 g/mol. The van der Waals surface area contributed by atoms with Crippen molar-refractivity contribution < 1.29 is 33.7 Å². The standard InChI is InChI=1S/C17H24O7/c1-11(2)15(20)22-8-7-17(16(21)24-10-13-9-23-13)5-3-12(4-6-17)14(18)19/h12-13H,1,3-10H2,2H3,(H,18,19). The van der Waals surface area contributed by atoms with E-state index in [4.69, 9.17) is 19.3 Å². The first-order chi connectivity index (χ1) is 11.3. The highest BCUT2D eigenvalue weighted by Gasteiger charge is 2.45. The van der Waals surface area contributed by atoms with E-state index in [9.17, 15) is 14.4 Å². The van der Waals surface area contributed by atoms with Gasteiger partial charge in [-0.05, 0) is 39.0 Å². The summed E-state index contributed by atoms with van der Waals surface area (Å²) in [7, 11) is 0. The minimum absolute atomic E-state index is 0.0254. The molecule has 134 valence electrons. The molecule has 1 unspecified atom stereocenters. The Morgan fingerprint density at radius 2 is 1.88 bits per heavy atom. The molecule has 2 rings (SSSR count). The number of ether oxygens (including phenoxy) is 3. The predicted molar refractivity (Wildman–Crippen MR) is 83.1 cm³/mol. The van der Waals surface area contributed by atoms with Gasteiger partial charge in [-0.2, -0.15) is 0 Å². The summed E-state index contributed by atoms with van der Waals surface area (Å²) in [6.45, 7) is 5.96. The molecular weight excluding hydrogens is 316 g/mol. The van der Waals surface area contributed by atoms with Gasteiger partial charge in [-0.1, -0.05) is 6.58 Å². The molecule has 1 heterocycles. The Kier molecular flexibility index (Phi) is 5.99. The second kappa shape index (κ2) is 7.79. The smallest absolute Gasteiger partial charge is 0.333 e. The Morgan fingerprint density at radius 1 is 1.25 bits per heavy atom. The van der Waals surface area contributed by atoms with Crippen LogP contribution < -0.4 is 0 Å². The highest BCUT2D eigenvalue weighted by Crippen LogP contribution is 2.43. The van der Waals surface area contributed by atoms with Gasteiger partial charge in [0.05, 0.1) is 24.5 Å². The third-order valence-corrected chi connectivity index (χ3v) is 4.69. The van der Waals surface area contributed by atoms with Crippen LogP contribution in [0.2, 0.25) is 0 Å². The largest absolute Gasteiger partial charge is 0.481 e. The Bertz CT molecular complexity index is 513. The number of epoxide rings is 1. The molecule has 0 amide bonds. The lowest BCUT2D eigenvalue weighted by Gasteiger charge is -2.36. The van der Waals surface area contributed by atoms with Gasteiger partial charge in [-0.15, -0.1) is 0 Å². The third kappa shape index (κ3) is 4.80. The summed E-state index contributed by atoms with van der Waals surface area (Å²) in [5.41, 5.74) is -0.497. The number of hydrogen-bond acceptors (Lipinski definition) is 6. The predicted octanol–water partition coefficient (Wildman–Crippen LogP) is 1.70. The van der Waals surface area contributed by atoms with Gasteiger partial charge in [0.25, 0.3) is 0 Å². The Hall–Kier alpha value is -1.89. The monoisotopic (exact) mass is 340 g/mol. The molecule has 2 fully saturated rings. The first-order valence-corrected chi connectivity index (χ1v) is 8.18. The molecule has 0 aromatic rings. The molecule has 1 aliphatic carbocycles. The summed E-state index contributed by atoms with van der Waals surface area (Å²) in [4.78, 5) is 35.2. The molecule has 2 aliphatic rings. The van der Waals surface area contributed by atoms with Gasteiger partial charge in [-0.3, -0.25) is 9.59 Å². The Labute approximate surface area is 140 Å². The number of carbonyl (C=O) groups is 3. The zero-order valence-corrected chi connectivity index (χ0v) is 13.9. The van der Waals surface area contributed by atoms with Gasteiger partial charge < -0.3 is 19.3 Å². The molecule has 1 N–H and O–H groups in total. The number of rotatable bonds is 8. The van der Waals surface area contributed by atoms with E-state index in [0.29, 0.717) is 44.3 Å². The maximum Gasteiger partial charge on any atom is 0.333 e. The van der Waals surface area contributed by atoms with Crippen LogP contribution in [0.25, 0.3) is 0 Å². The van der Waals surface area contributed by atoms with E-state index < -0.39 is 23.3 Å². The second-order valence-electron chi connectivity index (χ2n) is 6.61. The van der Waals surface area contributed by atoms with Gasteiger partial charge in [-0.25, -0.2) is 4.79 Å². The van der Waals surface area contributed by atoms with E-state index in [1.807, 2.05) is 0 Å². The van der Waals surface area contributed by atoms with Crippen molar-refractivity contribution in [3.63, 3.8) is 0 Å². The number of aliphatic carboxylic acids is 1. The lowest BCUT2D eigenvalue weighted by Crippen LogP contribution is -2.40. The van der Waals surface area contributed by atoms with Crippen LogP contribution >= 0.6 is 0 Å². The first-order valence-electron chi connectivity index (χ1n) is 8.18. The first kappa shape index (κ1) is 18.4. The fourth-order valence-corrected chi connectivity index (χ4v) is 2.92. The van der Waals surface area contributed by atoms with Crippen LogP contribution in [0.3, 0.4) is 0 Å². The zero-order valence-electron chi connectivity index (χ0n) is 13.9.